The monoisotopic (exact) mass is 375 g/mol. The van der Waals surface area contributed by atoms with Gasteiger partial charge in [-0.05, 0) is 56.7 Å². The van der Waals surface area contributed by atoms with E-state index in [1.807, 2.05) is 38.1 Å². The Balaban J connectivity index is 2.01. The zero-order chi connectivity index (χ0) is 17.0. The van der Waals surface area contributed by atoms with Crippen LogP contribution < -0.4 is 5.32 Å². The molecule has 0 aromatic heterocycles. The molecule has 2 aromatic carbocycles. The van der Waals surface area contributed by atoms with Crippen molar-refractivity contribution in [2.24, 2.45) is 0 Å². The summed E-state index contributed by atoms with van der Waals surface area (Å²) < 4.78 is 6.19. The Kier molecular flexibility index (Phi) is 5.55. The van der Waals surface area contributed by atoms with E-state index in [1.54, 1.807) is 25.1 Å². The molecule has 1 atom stereocenters. The van der Waals surface area contributed by atoms with Crippen LogP contribution in [0.25, 0.3) is 0 Å². The summed E-state index contributed by atoms with van der Waals surface area (Å²) in [6.45, 7) is 5.29. The molecule has 0 heterocycles. The quantitative estimate of drug-likeness (QED) is 0.812. The van der Waals surface area contributed by atoms with Gasteiger partial charge in [0.1, 0.15) is 0 Å². The number of amides is 1. The number of ether oxygens (including phenoxy) is 1. The van der Waals surface area contributed by atoms with Crippen LogP contribution in [0.3, 0.4) is 0 Å². The summed E-state index contributed by atoms with van der Waals surface area (Å²) in [6.07, 6.45) is -0.883. The third-order valence-corrected chi connectivity index (χ3v) is 3.91. The van der Waals surface area contributed by atoms with E-state index < -0.39 is 12.1 Å². The molecule has 0 spiro atoms. The Morgan fingerprint density at radius 1 is 1.09 bits per heavy atom. The van der Waals surface area contributed by atoms with Crippen molar-refractivity contribution in [2.75, 3.05) is 5.32 Å². The van der Waals surface area contributed by atoms with Gasteiger partial charge in [-0.25, -0.2) is 4.79 Å². The van der Waals surface area contributed by atoms with Crippen molar-refractivity contribution < 1.29 is 14.3 Å². The number of esters is 1. The number of carbonyl (C=O) groups excluding carboxylic acids is 2. The summed E-state index contributed by atoms with van der Waals surface area (Å²) >= 11 is 3.33. The second-order valence-corrected chi connectivity index (χ2v) is 6.28. The number of hydrogen-bond donors (Lipinski definition) is 1. The summed E-state index contributed by atoms with van der Waals surface area (Å²) in [4.78, 5) is 24.3. The number of halogens is 1. The number of hydrogen-bond acceptors (Lipinski definition) is 3. The molecule has 0 unspecified atom stereocenters. The first-order valence-corrected chi connectivity index (χ1v) is 8.01. The highest BCUT2D eigenvalue weighted by molar-refractivity contribution is 9.10. The molecule has 4 nitrogen and oxygen atoms in total. The molecule has 1 amide bonds. The Morgan fingerprint density at radius 2 is 1.74 bits per heavy atom. The van der Waals surface area contributed by atoms with Gasteiger partial charge in [0.05, 0.1) is 5.56 Å². The Bertz CT molecular complexity index is 726. The van der Waals surface area contributed by atoms with Gasteiger partial charge in [-0.2, -0.15) is 0 Å². The zero-order valence-corrected chi connectivity index (χ0v) is 14.8. The normalized spacial score (nSPS) is 11.7. The number of aryl methyl sites for hydroxylation is 2. The average molecular weight is 376 g/mol. The van der Waals surface area contributed by atoms with Gasteiger partial charge in [-0.3, -0.25) is 4.79 Å². The Hall–Kier alpha value is -2.14. The second kappa shape index (κ2) is 7.42. The molecule has 0 bridgehead atoms. The van der Waals surface area contributed by atoms with Gasteiger partial charge in [0.15, 0.2) is 6.10 Å². The molecular formula is C18H18BrNO3. The molecule has 120 valence electrons. The molecule has 2 rings (SSSR count). The van der Waals surface area contributed by atoms with Crippen molar-refractivity contribution in [3.8, 4) is 0 Å². The molecule has 0 saturated heterocycles. The highest BCUT2D eigenvalue weighted by Gasteiger charge is 2.20. The van der Waals surface area contributed by atoms with Crippen molar-refractivity contribution in [2.45, 2.75) is 26.9 Å². The van der Waals surface area contributed by atoms with Crippen molar-refractivity contribution in [3.63, 3.8) is 0 Å². The van der Waals surface area contributed by atoms with Crippen molar-refractivity contribution in [1.82, 2.24) is 0 Å². The highest BCUT2D eigenvalue weighted by Crippen LogP contribution is 2.16. The number of rotatable bonds is 4. The largest absolute Gasteiger partial charge is 0.449 e. The molecule has 0 radical (unpaired) electrons. The van der Waals surface area contributed by atoms with Gasteiger partial charge in [0, 0.05) is 10.2 Å². The van der Waals surface area contributed by atoms with Gasteiger partial charge in [-0.1, -0.05) is 33.6 Å². The lowest BCUT2D eigenvalue weighted by Gasteiger charge is -2.14. The highest BCUT2D eigenvalue weighted by atomic mass is 79.9. The number of carbonyl (C=O) groups is 2. The van der Waals surface area contributed by atoms with Crippen molar-refractivity contribution >= 4 is 33.5 Å². The zero-order valence-electron chi connectivity index (χ0n) is 13.2. The van der Waals surface area contributed by atoms with Crippen LogP contribution in [-0.2, 0) is 9.53 Å². The third kappa shape index (κ3) is 4.66. The first-order chi connectivity index (χ1) is 10.9. The van der Waals surface area contributed by atoms with E-state index in [2.05, 4.69) is 21.2 Å². The first-order valence-electron chi connectivity index (χ1n) is 7.21. The minimum Gasteiger partial charge on any atom is -0.449 e. The Morgan fingerprint density at radius 3 is 2.39 bits per heavy atom. The van der Waals surface area contributed by atoms with Crippen molar-refractivity contribution in [3.05, 3.63) is 63.6 Å². The molecule has 1 N–H and O–H groups in total. The van der Waals surface area contributed by atoms with E-state index >= 15 is 0 Å². The maximum absolute atomic E-state index is 12.2. The standard InChI is InChI=1S/C18H18BrNO3/c1-11-4-5-12(2)16(10-11)18(22)23-13(3)17(21)20-15-8-6-14(19)7-9-15/h4-10,13H,1-3H3,(H,20,21)/t13-/m0/s1. The molecule has 0 aliphatic rings. The fourth-order valence-corrected chi connectivity index (χ4v) is 2.27. The number of benzene rings is 2. The lowest BCUT2D eigenvalue weighted by molar-refractivity contribution is -0.123. The van der Waals surface area contributed by atoms with Crippen molar-refractivity contribution in [1.29, 1.82) is 0 Å². The van der Waals surface area contributed by atoms with Crippen LogP contribution in [0.5, 0.6) is 0 Å². The molecule has 0 aliphatic heterocycles. The maximum Gasteiger partial charge on any atom is 0.339 e. The second-order valence-electron chi connectivity index (χ2n) is 5.36. The lowest BCUT2D eigenvalue weighted by atomic mass is 10.1. The average Bonchev–Trinajstić information content (AvgIpc) is 2.51. The van der Waals surface area contributed by atoms with Crippen LogP contribution in [-0.4, -0.2) is 18.0 Å². The maximum atomic E-state index is 12.2. The smallest absolute Gasteiger partial charge is 0.339 e. The van der Waals surface area contributed by atoms with Gasteiger partial charge < -0.3 is 10.1 Å². The molecule has 23 heavy (non-hydrogen) atoms. The molecule has 0 aliphatic carbocycles. The fraction of sp³-hybridized carbons (Fsp3) is 0.222. The number of anilines is 1. The predicted molar refractivity (Wildman–Crippen MR) is 93.6 cm³/mol. The van der Waals surface area contributed by atoms with Crippen LogP contribution >= 0.6 is 15.9 Å². The summed E-state index contributed by atoms with van der Waals surface area (Å²) in [6, 6.07) is 12.7. The van der Waals surface area contributed by atoms with Crippen LogP contribution in [0, 0.1) is 13.8 Å². The van der Waals surface area contributed by atoms with Gasteiger partial charge in [-0.15, -0.1) is 0 Å². The predicted octanol–water partition coefficient (Wildman–Crippen LogP) is 4.25. The first kappa shape index (κ1) is 17.2. The third-order valence-electron chi connectivity index (χ3n) is 3.38. The van der Waals surface area contributed by atoms with E-state index in [1.165, 1.54) is 0 Å². The van der Waals surface area contributed by atoms with E-state index in [-0.39, 0.29) is 5.91 Å². The SMILES string of the molecule is Cc1ccc(C)c(C(=O)O[C@@H](C)C(=O)Nc2ccc(Br)cc2)c1. The molecule has 5 heteroatoms. The molecule has 0 saturated carbocycles. The van der Waals surface area contributed by atoms with Crippen LogP contribution in [0.15, 0.2) is 46.9 Å². The summed E-state index contributed by atoms with van der Waals surface area (Å²) in [7, 11) is 0. The van der Waals surface area contributed by atoms with E-state index in [0.29, 0.717) is 11.3 Å². The van der Waals surface area contributed by atoms with E-state index in [0.717, 1.165) is 15.6 Å². The molecule has 2 aromatic rings. The minimum absolute atomic E-state index is 0.369. The number of nitrogens with one attached hydrogen (secondary N) is 1. The van der Waals surface area contributed by atoms with Crippen LogP contribution in [0.1, 0.15) is 28.4 Å². The van der Waals surface area contributed by atoms with E-state index in [4.69, 9.17) is 4.74 Å². The topological polar surface area (TPSA) is 55.4 Å². The van der Waals surface area contributed by atoms with Crippen LogP contribution in [0.4, 0.5) is 5.69 Å². The van der Waals surface area contributed by atoms with E-state index in [9.17, 15) is 9.59 Å². The fourth-order valence-electron chi connectivity index (χ4n) is 2.01. The minimum atomic E-state index is -0.883. The molecule has 0 fully saturated rings. The lowest BCUT2D eigenvalue weighted by Crippen LogP contribution is -2.30. The Labute approximate surface area is 144 Å². The summed E-state index contributed by atoms with van der Waals surface area (Å²) in [5, 5.41) is 2.71. The van der Waals surface area contributed by atoms with Gasteiger partial charge >= 0.3 is 5.97 Å². The molecular weight excluding hydrogens is 358 g/mol. The van der Waals surface area contributed by atoms with Crippen LogP contribution in [0.2, 0.25) is 0 Å². The summed E-state index contributed by atoms with van der Waals surface area (Å²) in [5.74, 6) is -0.865. The van der Waals surface area contributed by atoms with Gasteiger partial charge in [0.2, 0.25) is 0 Å². The van der Waals surface area contributed by atoms with Gasteiger partial charge in [0.25, 0.3) is 5.91 Å². The summed E-state index contributed by atoms with van der Waals surface area (Å²) in [5.41, 5.74) is 2.91.